The molecule has 0 aromatic heterocycles. The van der Waals surface area contributed by atoms with E-state index in [0.29, 0.717) is 11.1 Å². The summed E-state index contributed by atoms with van der Waals surface area (Å²) in [5.41, 5.74) is 0.673. The molecule has 0 spiro atoms. The second-order valence-corrected chi connectivity index (χ2v) is 8.10. The predicted molar refractivity (Wildman–Crippen MR) is 98.4 cm³/mol. The number of nitrogens with zero attached hydrogens (tertiary/aromatic N) is 2. The van der Waals surface area contributed by atoms with E-state index in [1.807, 2.05) is 13.8 Å². The number of carbonyl (C=O) groups excluding carboxylic acids is 1. The van der Waals surface area contributed by atoms with Crippen molar-refractivity contribution in [1.82, 2.24) is 0 Å². The van der Waals surface area contributed by atoms with Crippen molar-refractivity contribution in [3.8, 4) is 0 Å². The van der Waals surface area contributed by atoms with E-state index in [4.69, 9.17) is 4.28 Å². The van der Waals surface area contributed by atoms with Gasteiger partial charge in [0.15, 0.2) is 5.78 Å². The largest absolute Gasteiger partial charge is 0.358 e. The number of allylic oxidation sites excluding steroid dienone is 4. The third-order valence-electron chi connectivity index (χ3n) is 3.64. The molecular formula is C16H15BrN2O6S. The topological polar surface area (TPSA) is 116 Å². The summed E-state index contributed by atoms with van der Waals surface area (Å²) in [6, 6.07) is 4.45. The molecule has 26 heavy (non-hydrogen) atoms. The number of oxime groups is 1. The third kappa shape index (κ3) is 4.07. The molecule has 2 rings (SSSR count). The Balaban J connectivity index is 2.39. The Morgan fingerprint density at radius 3 is 2.54 bits per heavy atom. The van der Waals surface area contributed by atoms with Crippen LogP contribution in [0.25, 0.3) is 0 Å². The summed E-state index contributed by atoms with van der Waals surface area (Å²) in [6.45, 7) is 5.24. The van der Waals surface area contributed by atoms with Crippen molar-refractivity contribution in [2.45, 2.75) is 25.7 Å². The molecule has 10 heteroatoms. The number of non-ortho nitro benzene ring substituents is 1. The van der Waals surface area contributed by atoms with Crippen LogP contribution in [0.5, 0.6) is 0 Å². The molecule has 1 aromatic rings. The molecule has 0 saturated carbocycles. The van der Waals surface area contributed by atoms with Crippen LogP contribution in [0.15, 0.2) is 56.0 Å². The lowest BCUT2D eigenvalue weighted by atomic mass is 9.90. The Morgan fingerprint density at radius 1 is 1.31 bits per heavy atom. The normalized spacial score (nSPS) is 16.9. The number of hydrogen-bond donors (Lipinski definition) is 0. The van der Waals surface area contributed by atoms with Crippen LogP contribution in [0.2, 0.25) is 0 Å². The molecule has 0 fully saturated rings. The first-order valence-electron chi connectivity index (χ1n) is 7.43. The molecule has 1 aromatic carbocycles. The Kier molecular flexibility index (Phi) is 5.77. The molecule has 0 bridgehead atoms. The van der Waals surface area contributed by atoms with Crippen LogP contribution in [0.4, 0.5) is 5.69 Å². The van der Waals surface area contributed by atoms with E-state index in [2.05, 4.69) is 21.1 Å². The van der Waals surface area contributed by atoms with Gasteiger partial charge in [-0.1, -0.05) is 25.1 Å². The van der Waals surface area contributed by atoms with Gasteiger partial charge in [0.25, 0.3) is 5.69 Å². The number of hydrogen-bond acceptors (Lipinski definition) is 7. The summed E-state index contributed by atoms with van der Waals surface area (Å²) in [6.07, 6.45) is 1.47. The van der Waals surface area contributed by atoms with Crippen molar-refractivity contribution in [3.05, 3.63) is 56.1 Å². The van der Waals surface area contributed by atoms with Crippen LogP contribution in [0.1, 0.15) is 20.8 Å². The molecule has 1 aliphatic rings. The van der Waals surface area contributed by atoms with Crippen LogP contribution < -0.4 is 0 Å². The van der Waals surface area contributed by atoms with E-state index in [0.717, 1.165) is 6.07 Å². The monoisotopic (exact) mass is 442 g/mol. The number of benzene rings is 1. The molecule has 0 saturated heterocycles. The Labute approximate surface area is 158 Å². The highest BCUT2D eigenvalue weighted by molar-refractivity contribution is 9.12. The molecule has 0 aliphatic heterocycles. The van der Waals surface area contributed by atoms with Crippen molar-refractivity contribution < 1.29 is 22.4 Å². The van der Waals surface area contributed by atoms with E-state index >= 15 is 0 Å². The fourth-order valence-electron chi connectivity index (χ4n) is 2.14. The Morgan fingerprint density at radius 2 is 1.96 bits per heavy atom. The number of ketones is 1. The smallest absolute Gasteiger partial charge is 0.288 e. The fourth-order valence-corrected chi connectivity index (χ4v) is 3.35. The van der Waals surface area contributed by atoms with Gasteiger partial charge in [0, 0.05) is 17.7 Å². The van der Waals surface area contributed by atoms with Crippen molar-refractivity contribution in [2.75, 3.05) is 0 Å². The second-order valence-electron chi connectivity index (χ2n) is 5.78. The fraction of sp³-hybridized carbons (Fsp3) is 0.250. The summed E-state index contributed by atoms with van der Waals surface area (Å²) >= 11 is 3.19. The Hall–Kier alpha value is -2.33. The third-order valence-corrected chi connectivity index (χ3v) is 5.70. The van der Waals surface area contributed by atoms with Crippen LogP contribution in [-0.2, 0) is 19.2 Å². The molecule has 0 unspecified atom stereocenters. The number of nitro groups is 1. The summed E-state index contributed by atoms with van der Waals surface area (Å²) in [5.74, 6) is -0.292. The maximum Gasteiger partial charge on any atom is 0.358 e. The number of carbonyl (C=O) groups is 1. The van der Waals surface area contributed by atoms with Gasteiger partial charge in [0.2, 0.25) is 0 Å². The van der Waals surface area contributed by atoms with Gasteiger partial charge < -0.3 is 0 Å². The average molecular weight is 443 g/mol. The van der Waals surface area contributed by atoms with Gasteiger partial charge in [-0.25, -0.2) is 0 Å². The molecule has 0 amide bonds. The van der Waals surface area contributed by atoms with Gasteiger partial charge in [-0.3, -0.25) is 19.2 Å². The highest BCUT2D eigenvalue weighted by Gasteiger charge is 2.26. The maximum absolute atomic E-state index is 12.3. The minimum atomic E-state index is -4.35. The van der Waals surface area contributed by atoms with Gasteiger partial charge >= 0.3 is 10.1 Å². The predicted octanol–water partition coefficient (Wildman–Crippen LogP) is 3.49. The second kappa shape index (κ2) is 7.50. The van der Waals surface area contributed by atoms with E-state index in [1.165, 1.54) is 24.3 Å². The lowest BCUT2D eigenvalue weighted by molar-refractivity contribution is -0.385. The molecule has 0 radical (unpaired) electrons. The summed E-state index contributed by atoms with van der Waals surface area (Å²) in [4.78, 5) is 21.9. The minimum absolute atomic E-state index is 0.0956. The molecular weight excluding hydrogens is 428 g/mol. The zero-order valence-electron chi connectivity index (χ0n) is 14.1. The number of nitro benzene ring substituents is 1. The van der Waals surface area contributed by atoms with Crippen LogP contribution in [-0.4, -0.2) is 24.8 Å². The molecule has 0 atom stereocenters. The van der Waals surface area contributed by atoms with Crippen molar-refractivity contribution >= 4 is 43.2 Å². The summed E-state index contributed by atoms with van der Waals surface area (Å²) in [5, 5.41) is 14.4. The first kappa shape index (κ1) is 20.0. The molecule has 0 heterocycles. The number of Topliss-reactive ketones (excluding diaryl/α,β-unsaturated/α-hetero) is 1. The highest BCUT2D eigenvalue weighted by atomic mass is 79.9. The van der Waals surface area contributed by atoms with E-state index in [1.54, 1.807) is 6.92 Å². The number of halogens is 1. The van der Waals surface area contributed by atoms with E-state index in [-0.39, 0.29) is 27.6 Å². The van der Waals surface area contributed by atoms with Crippen LogP contribution in [0.3, 0.4) is 0 Å². The van der Waals surface area contributed by atoms with Gasteiger partial charge in [-0.15, -0.1) is 0 Å². The van der Waals surface area contributed by atoms with Gasteiger partial charge in [0.1, 0.15) is 10.6 Å². The first-order chi connectivity index (χ1) is 12.0. The summed E-state index contributed by atoms with van der Waals surface area (Å²) in [7, 11) is -4.35. The maximum atomic E-state index is 12.3. The molecule has 1 aliphatic carbocycles. The SMILES string of the molecule is CC1=C(Br)C(=O)C(C(C)C)=CC1=NOS(=O)(=O)c1cccc([N+](=O)[O-])c1. The van der Waals surface area contributed by atoms with Crippen molar-refractivity contribution in [1.29, 1.82) is 0 Å². The van der Waals surface area contributed by atoms with Gasteiger partial charge in [0.05, 0.1) is 9.41 Å². The van der Waals surface area contributed by atoms with E-state index in [9.17, 15) is 23.3 Å². The Bertz CT molecular complexity index is 976. The summed E-state index contributed by atoms with van der Waals surface area (Å²) < 4.78 is 29.5. The van der Waals surface area contributed by atoms with E-state index < -0.39 is 19.9 Å². The van der Waals surface area contributed by atoms with Crippen molar-refractivity contribution in [2.24, 2.45) is 11.1 Å². The molecule has 138 valence electrons. The standard InChI is InChI=1S/C16H15BrN2O6S/c1-9(2)13-8-14(10(3)15(17)16(13)20)18-25-26(23,24)12-6-4-5-11(7-12)19(21)22/h4-9H,1-3H3. The van der Waals surface area contributed by atoms with Crippen molar-refractivity contribution in [3.63, 3.8) is 0 Å². The zero-order chi connectivity index (χ0) is 19.6. The lowest BCUT2D eigenvalue weighted by Gasteiger charge is -2.17. The first-order valence-corrected chi connectivity index (χ1v) is 9.64. The molecule has 8 nitrogen and oxygen atoms in total. The zero-order valence-corrected chi connectivity index (χ0v) is 16.5. The quantitative estimate of drug-likeness (QED) is 0.391. The molecule has 0 N–H and O–H groups in total. The lowest BCUT2D eigenvalue weighted by Crippen LogP contribution is -2.19. The number of rotatable bonds is 5. The van der Waals surface area contributed by atoms with Crippen LogP contribution in [0, 0.1) is 16.0 Å². The average Bonchev–Trinajstić information content (AvgIpc) is 2.59. The minimum Gasteiger partial charge on any atom is -0.288 e. The van der Waals surface area contributed by atoms with Gasteiger partial charge in [-0.2, -0.15) is 8.42 Å². The van der Waals surface area contributed by atoms with Gasteiger partial charge in [-0.05, 0) is 46.5 Å². The van der Waals surface area contributed by atoms with Crippen LogP contribution >= 0.6 is 15.9 Å². The highest BCUT2D eigenvalue weighted by Crippen LogP contribution is 2.28.